The van der Waals surface area contributed by atoms with E-state index in [1.54, 1.807) is 12.1 Å². The van der Waals surface area contributed by atoms with Gasteiger partial charge in [-0.1, -0.05) is 68.7 Å². The Morgan fingerprint density at radius 3 is 2.46 bits per heavy atom. The highest BCUT2D eigenvalue weighted by atomic mass is 19.2. The second kappa shape index (κ2) is 9.12. The predicted molar refractivity (Wildman–Crippen MR) is 105 cm³/mol. The normalized spacial score (nSPS) is 17.2. The molecular weight excluding hydrogens is 326 g/mol. The van der Waals surface area contributed by atoms with Crippen LogP contribution in [-0.4, -0.2) is 0 Å². The summed E-state index contributed by atoms with van der Waals surface area (Å²) in [6, 6.07) is 13.5. The maximum Gasteiger partial charge on any atom is 0.166 e. The highest BCUT2D eigenvalue weighted by Gasteiger charge is 2.19. The largest absolute Gasteiger partial charge is 0.204 e. The molecule has 0 fully saturated rings. The van der Waals surface area contributed by atoms with Crippen molar-refractivity contribution in [3.05, 3.63) is 76.9 Å². The lowest BCUT2D eigenvalue weighted by atomic mass is 9.82. The Labute approximate surface area is 156 Å². The molecule has 26 heavy (non-hydrogen) atoms. The van der Waals surface area contributed by atoms with Crippen LogP contribution in [0, 0.1) is 11.6 Å². The second-order valence-electron chi connectivity index (χ2n) is 7.35. The zero-order chi connectivity index (χ0) is 18.4. The number of halogens is 2. The van der Waals surface area contributed by atoms with Gasteiger partial charge in [0.1, 0.15) is 0 Å². The fourth-order valence-electron chi connectivity index (χ4n) is 3.85. The van der Waals surface area contributed by atoms with Crippen LogP contribution in [0.2, 0.25) is 0 Å². The molecule has 0 spiro atoms. The smallest absolute Gasteiger partial charge is 0.166 e. The number of allylic oxidation sites excluding steroid dienone is 2. The number of benzene rings is 2. The molecule has 1 unspecified atom stereocenters. The van der Waals surface area contributed by atoms with E-state index in [-0.39, 0.29) is 0 Å². The van der Waals surface area contributed by atoms with Crippen molar-refractivity contribution in [1.29, 1.82) is 0 Å². The van der Waals surface area contributed by atoms with Crippen LogP contribution in [-0.2, 0) is 6.42 Å². The molecule has 2 aromatic rings. The molecule has 2 aromatic carbocycles. The van der Waals surface area contributed by atoms with Crippen molar-refractivity contribution in [3.8, 4) is 0 Å². The molecule has 0 nitrogen and oxygen atoms in total. The van der Waals surface area contributed by atoms with E-state index < -0.39 is 11.6 Å². The maximum atomic E-state index is 14.0. The first kappa shape index (κ1) is 18.8. The zero-order valence-corrected chi connectivity index (χ0v) is 15.6. The molecule has 1 aliphatic rings. The van der Waals surface area contributed by atoms with Gasteiger partial charge in [-0.15, -0.1) is 0 Å². The Morgan fingerprint density at radius 2 is 1.77 bits per heavy atom. The van der Waals surface area contributed by atoms with Crippen molar-refractivity contribution in [2.45, 2.75) is 64.2 Å². The third kappa shape index (κ3) is 4.60. The first-order valence-corrected chi connectivity index (χ1v) is 9.91. The van der Waals surface area contributed by atoms with Crippen molar-refractivity contribution in [1.82, 2.24) is 0 Å². The van der Waals surface area contributed by atoms with Crippen LogP contribution in [0.3, 0.4) is 0 Å². The van der Waals surface area contributed by atoms with Gasteiger partial charge in [-0.25, -0.2) is 8.78 Å². The summed E-state index contributed by atoms with van der Waals surface area (Å²) in [6.07, 6.45) is 11.1. The fraction of sp³-hybridized carbons (Fsp3) is 0.417. The zero-order valence-electron chi connectivity index (χ0n) is 15.6. The summed E-state index contributed by atoms with van der Waals surface area (Å²) in [5, 5.41) is 0. The van der Waals surface area contributed by atoms with E-state index >= 15 is 0 Å². The van der Waals surface area contributed by atoms with Gasteiger partial charge in [0.05, 0.1) is 0 Å². The molecule has 1 atom stereocenters. The number of rotatable bonds is 7. The van der Waals surface area contributed by atoms with Gasteiger partial charge in [0.15, 0.2) is 11.6 Å². The van der Waals surface area contributed by atoms with Gasteiger partial charge < -0.3 is 0 Å². The summed E-state index contributed by atoms with van der Waals surface area (Å²) in [6.45, 7) is 2.24. The number of hydrogen-bond acceptors (Lipinski definition) is 0. The Bertz CT molecular complexity index is 743. The van der Waals surface area contributed by atoms with E-state index in [1.807, 2.05) is 0 Å². The van der Waals surface area contributed by atoms with Crippen LogP contribution in [0.5, 0.6) is 0 Å². The van der Waals surface area contributed by atoms with Crippen molar-refractivity contribution in [2.24, 2.45) is 0 Å². The quantitative estimate of drug-likeness (QED) is 0.453. The molecule has 1 aliphatic carbocycles. The summed E-state index contributed by atoms with van der Waals surface area (Å²) >= 11 is 0. The molecule has 0 N–H and O–H groups in total. The molecule has 0 aromatic heterocycles. The van der Waals surface area contributed by atoms with Crippen LogP contribution in [0.15, 0.2) is 48.5 Å². The van der Waals surface area contributed by atoms with E-state index in [1.165, 1.54) is 42.9 Å². The molecule has 3 rings (SSSR count). The first-order chi connectivity index (χ1) is 12.7. The monoisotopic (exact) mass is 354 g/mol. The fourth-order valence-corrected chi connectivity index (χ4v) is 3.85. The number of unbranched alkanes of at least 4 members (excludes halogenated alkanes) is 3. The third-order valence-electron chi connectivity index (χ3n) is 5.48. The van der Waals surface area contributed by atoms with E-state index in [0.29, 0.717) is 11.5 Å². The standard InChI is InChI=1S/C24H28F2/c1-2-3-4-5-7-18-10-12-19(13-11-18)20-14-16-21(17-15-20)22-8-6-9-23(25)24(22)26/h6,8-13,16,20H,2-5,7,14-15,17H2,1H3. The summed E-state index contributed by atoms with van der Waals surface area (Å²) in [5.74, 6) is -1.01. The topological polar surface area (TPSA) is 0 Å². The summed E-state index contributed by atoms with van der Waals surface area (Å²) in [4.78, 5) is 0. The second-order valence-corrected chi connectivity index (χ2v) is 7.35. The van der Waals surface area contributed by atoms with E-state index in [2.05, 4.69) is 37.3 Å². The van der Waals surface area contributed by atoms with E-state index in [4.69, 9.17) is 0 Å². The Kier molecular flexibility index (Phi) is 6.60. The molecule has 0 bridgehead atoms. The lowest BCUT2D eigenvalue weighted by Crippen LogP contribution is -2.05. The average molecular weight is 354 g/mol. The lowest BCUT2D eigenvalue weighted by Gasteiger charge is -2.23. The molecule has 138 valence electrons. The molecule has 2 heteroatoms. The molecule has 0 amide bonds. The van der Waals surface area contributed by atoms with Crippen LogP contribution in [0.25, 0.3) is 5.57 Å². The van der Waals surface area contributed by atoms with E-state index in [0.717, 1.165) is 31.3 Å². The van der Waals surface area contributed by atoms with Gasteiger partial charge in [0, 0.05) is 5.56 Å². The lowest BCUT2D eigenvalue weighted by molar-refractivity contribution is 0.505. The minimum absolute atomic E-state index is 0.422. The molecule has 0 radical (unpaired) electrons. The highest BCUT2D eigenvalue weighted by molar-refractivity contribution is 5.67. The van der Waals surface area contributed by atoms with E-state index in [9.17, 15) is 8.78 Å². The van der Waals surface area contributed by atoms with Gasteiger partial charge >= 0.3 is 0 Å². The summed E-state index contributed by atoms with van der Waals surface area (Å²) in [5.41, 5.74) is 4.13. The highest BCUT2D eigenvalue weighted by Crippen LogP contribution is 2.37. The molecule has 0 aliphatic heterocycles. The SMILES string of the molecule is CCCCCCc1ccc(C2CC=C(c3cccc(F)c3F)CC2)cc1. The summed E-state index contributed by atoms with van der Waals surface area (Å²) in [7, 11) is 0. The molecule has 0 heterocycles. The van der Waals surface area contributed by atoms with Gasteiger partial charge in [0.2, 0.25) is 0 Å². The molecule has 0 saturated carbocycles. The number of aryl methyl sites for hydroxylation is 1. The van der Waals surface area contributed by atoms with Gasteiger partial charge in [-0.3, -0.25) is 0 Å². The first-order valence-electron chi connectivity index (χ1n) is 9.91. The predicted octanol–water partition coefficient (Wildman–Crippen LogP) is 7.44. The number of hydrogen-bond donors (Lipinski definition) is 0. The Morgan fingerprint density at radius 1 is 0.962 bits per heavy atom. The van der Waals surface area contributed by atoms with Crippen LogP contribution >= 0.6 is 0 Å². The van der Waals surface area contributed by atoms with Gasteiger partial charge in [-0.2, -0.15) is 0 Å². The third-order valence-corrected chi connectivity index (χ3v) is 5.48. The van der Waals surface area contributed by atoms with Crippen molar-refractivity contribution in [2.75, 3.05) is 0 Å². The van der Waals surface area contributed by atoms with Crippen LogP contribution in [0.4, 0.5) is 8.78 Å². The van der Waals surface area contributed by atoms with Gasteiger partial charge in [0.25, 0.3) is 0 Å². The van der Waals surface area contributed by atoms with Gasteiger partial charge in [-0.05, 0) is 60.8 Å². The van der Waals surface area contributed by atoms with Crippen molar-refractivity contribution >= 4 is 5.57 Å². The summed E-state index contributed by atoms with van der Waals surface area (Å²) < 4.78 is 27.4. The molecule has 0 saturated heterocycles. The minimum atomic E-state index is -0.764. The molecular formula is C24H28F2. The Balaban J connectivity index is 1.60. The van der Waals surface area contributed by atoms with Crippen molar-refractivity contribution in [3.63, 3.8) is 0 Å². The average Bonchev–Trinajstić information content (AvgIpc) is 2.68. The van der Waals surface area contributed by atoms with Crippen molar-refractivity contribution < 1.29 is 8.78 Å². The minimum Gasteiger partial charge on any atom is -0.204 e. The Hall–Kier alpha value is -1.96. The van der Waals surface area contributed by atoms with Crippen LogP contribution in [0.1, 0.15) is 74.5 Å². The maximum absolute atomic E-state index is 14.0. The van der Waals surface area contributed by atoms with Crippen LogP contribution < -0.4 is 0 Å².